The van der Waals surface area contributed by atoms with Gasteiger partial charge in [0.05, 0.1) is 12.0 Å². The van der Waals surface area contributed by atoms with E-state index in [1.807, 2.05) is 0 Å². The number of nitrogens with zero attached hydrogens (tertiary/aromatic N) is 1. The van der Waals surface area contributed by atoms with Crippen molar-refractivity contribution in [2.75, 3.05) is 0 Å². The van der Waals surface area contributed by atoms with Gasteiger partial charge in [-0.3, -0.25) is 0 Å². The fourth-order valence-electron chi connectivity index (χ4n) is 2.38. The molecule has 2 heteroatoms. The van der Waals surface area contributed by atoms with E-state index in [4.69, 9.17) is 11.0 Å². The lowest BCUT2D eigenvalue weighted by Gasteiger charge is -2.24. The summed E-state index contributed by atoms with van der Waals surface area (Å²) in [5.74, 6) is 1.20. The molecule has 17 heavy (non-hydrogen) atoms. The zero-order valence-corrected chi connectivity index (χ0v) is 11.5. The molecule has 0 aromatic rings. The van der Waals surface area contributed by atoms with Crippen molar-refractivity contribution in [3.05, 3.63) is 22.9 Å². The molecule has 0 aromatic carbocycles. The lowest BCUT2D eigenvalue weighted by atomic mass is 9.82. The Kier molecular flexibility index (Phi) is 4.81. The lowest BCUT2D eigenvalue weighted by Crippen LogP contribution is -2.16. The van der Waals surface area contributed by atoms with Crippen LogP contribution in [0.15, 0.2) is 22.9 Å². The van der Waals surface area contributed by atoms with Gasteiger partial charge in [-0.25, -0.2) is 0 Å². The normalized spacial score (nSPS) is 20.8. The van der Waals surface area contributed by atoms with Gasteiger partial charge in [0.15, 0.2) is 0 Å². The van der Waals surface area contributed by atoms with Crippen molar-refractivity contribution >= 4 is 0 Å². The van der Waals surface area contributed by atoms with Gasteiger partial charge in [-0.1, -0.05) is 33.8 Å². The van der Waals surface area contributed by atoms with Gasteiger partial charge in [0.1, 0.15) is 0 Å². The number of nitriles is 1. The summed E-state index contributed by atoms with van der Waals surface area (Å²) in [4.78, 5) is 0. The zero-order valence-electron chi connectivity index (χ0n) is 11.5. The standard InChI is InChI=1S/C15H24N2/c1-10(2)5-13-7-12(9-16)8-14(15(13)17)6-11(3)4/h7,10-12H,5-6,8,17H2,1-4H3. The number of rotatable bonds is 4. The van der Waals surface area contributed by atoms with Crippen LogP contribution in [0.25, 0.3) is 0 Å². The molecule has 1 aliphatic carbocycles. The number of hydrogen-bond donors (Lipinski definition) is 1. The van der Waals surface area contributed by atoms with Gasteiger partial charge in [0, 0.05) is 5.70 Å². The summed E-state index contributed by atoms with van der Waals surface area (Å²) in [6.45, 7) is 8.77. The van der Waals surface area contributed by atoms with Crippen LogP contribution in [-0.4, -0.2) is 0 Å². The highest BCUT2D eigenvalue weighted by atomic mass is 14.6. The predicted molar refractivity (Wildman–Crippen MR) is 71.9 cm³/mol. The summed E-state index contributed by atoms with van der Waals surface area (Å²) >= 11 is 0. The SMILES string of the molecule is CC(C)CC1=CC(C#N)CC(CC(C)C)=C1N. The zero-order chi connectivity index (χ0) is 13.0. The minimum Gasteiger partial charge on any atom is -0.399 e. The summed E-state index contributed by atoms with van der Waals surface area (Å²) < 4.78 is 0. The maximum Gasteiger partial charge on any atom is 0.0701 e. The van der Waals surface area contributed by atoms with Gasteiger partial charge in [-0.2, -0.15) is 5.26 Å². The highest BCUT2D eigenvalue weighted by molar-refractivity contribution is 5.39. The average molecular weight is 232 g/mol. The molecule has 0 bridgehead atoms. The van der Waals surface area contributed by atoms with Crippen molar-refractivity contribution in [3.63, 3.8) is 0 Å². The average Bonchev–Trinajstić information content (AvgIpc) is 2.22. The van der Waals surface area contributed by atoms with Crippen molar-refractivity contribution in [1.82, 2.24) is 0 Å². The highest BCUT2D eigenvalue weighted by Crippen LogP contribution is 2.32. The topological polar surface area (TPSA) is 49.8 Å². The second-order valence-corrected chi connectivity index (χ2v) is 5.84. The van der Waals surface area contributed by atoms with Crippen LogP contribution in [-0.2, 0) is 0 Å². The molecule has 0 saturated heterocycles. The van der Waals surface area contributed by atoms with E-state index in [0.29, 0.717) is 11.8 Å². The maximum atomic E-state index is 9.12. The van der Waals surface area contributed by atoms with Crippen molar-refractivity contribution in [2.45, 2.75) is 47.0 Å². The monoisotopic (exact) mass is 232 g/mol. The Balaban J connectivity index is 2.95. The summed E-state index contributed by atoms with van der Waals surface area (Å²) in [7, 11) is 0. The van der Waals surface area contributed by atoms with Gasteiger partial charge in [0.25, 0.3) is 0 Å². The molecule has 0 fully saturated rings. The molecular weight excluding hydrogens is 208 g/mol. The maximum absolute atomic E-state index is 9.12. The molecule has 1 unspecified atom stereocenters. The summed E-state index contributed by atoms with van der Waals surface area (Å²) in [6, 6.07) is 2.36. The molecule has 1 aliphatic rings. The molecule has 0 aliphatic heterocycles. The van der Waals surface area contributed by atoms with E-state index in [-0.39, 0.29) is 5.92 Å². The molecule has 0 spiro atoms. The van der Waals surface area contributed by atoms with E-state index < -0.39 is 0 Å². The van der Waals surface area contributed by atoms with E-state index in [1.165, 1.54) is 11.1 Å². The lowest BCUT2D eigenvalue weighted by molar-refractivity contribution is 0.584. The largest absolute Gasteiger partial charge is 0.399 e. The van der Waals surface area contributed by atoms with Crippen molar-refractivity contribution in [1.29, 1.82) is 5.26 Å². The second kappa shape index (κ2) is 5.91. The van der Waals surface area contributed by atoms with Crippen molar-refractivity contribution in [3.8, 4) is 6.07 Å². The predicted octanol–water partition coefficient (Wildman–Crippen LogP) is 3.76. The number of nitrogens with two attached hydrogens (primary N) is 1. The van der Waals surface area contributed by atoms with E-state index in [0.717, 1.165) is 25.0 Å². The molecule has 0 aromatic heterocycles. The molecule has 0 heterocycles. The Morgan fingerprint density at radius 2 is 1.88 bits per heavy atom. The molecule has 94 valence electrons. The third kappa shape index (κ3) is 3.93. The van der Waals surface area contributed by atoms with Crippen LogP contribution in [0.3, 0.4) is 0 Å². The van der Waals surface area contributed by atoms with Gasteiger partial charge in [0.2, 0.25) is 0 Å². The molecule has 2 nitrogen and oxygen atoms in total. The fourth-order valence-corrected chi connectivity index (χ4v) is 2.38. The molecular formula is C15H24N2. The van der Waals surface area contributed by atoms with Gasteiger partial charge < -0.3 is 5.73 Å². The summed E-state index contributed by atoms with van der Waals surface area (Å²) in [6.07, 6.45) is 4.88. The van der Waals surface area contributed by atoms with Crippen LogP contribution in [0.2, 0.25) is 0 Å². The summed E-state index contributed by atoms with van der Waals surface area (Å²) in [5.41, 5.74) is 9.67. The van der Waals surface area contributed by atoms with E-state index in [1.54, 1.807) is 0 Å². The van der Waals surface area contributed by atoms with Crippen LogP contribution in [0, 0.1) is 29.1 Å². The second-order valence-electron chi connectivity index (χ2n) is 5.84. The van der Waals surface area contributed by atoms with Gasteiger partial charge >= 0.3 is 0 Å². The minimum absolute atomic E-state index is 0.0183. The molecule has 0 radical (unpaired) electrons. The van der Waals surface area contributed by atoms with Crippen molar-refractivity contribution < 1.29 is 0 Å². The Bertz CT molecular complexity index is 367. The number of allylic oxidation sites excluding steroid dienone is 3. The Morgan fingerprint density at radius 1 is 1.29 bits per heavy atom. The first-order chi connectivity index (χ1) is 7.93. The first kappa shape index (κ1) is 13.8. The molecule has 0 saturated carbocycles. The number of hydrogen-bond acceptors (Lipinski definition) is 2. The van der Waals surface area contributed by atoms with Crippen LogP contribution < -0.4 is 5.73 Å². The Labute approximate surface area is 105 Å². The van der Waals surface area contributed by atoms with E-state index >= 15 is 0 Å². The molecule has 1 atom stereocenters. The van der Waals surface area contributed by atoms with Gasteiger partial charge in [-0.05, 0) is 42.2 Å². The van der Waals surface area contributed by atoms with E-state index in [9.17, 15) is 0 Å². The fraction of sp³-hybridized carbons (Fsp3) is 0.667. The molecule has 0 amide bonds. The van der Waals surface area contributed by atoms with Crippen LogP contribution in [0.1, 0.15) is 47.0 Å². The third-order valence-corrected chi connectivity index (χ3v) is 3.04. The van der Waals surface area contributed by atoms with Crippen molar-refractivity contribution in [2.24, 2.45) is 23.5 Å². The highest BCUT2D eigenvalue weighted by Gasteiger charge is 2.21. The molecule has 2 N–H and O–H groups in total. The van der Waals surface area contributed by atoms with Gasteiger partial charge in [-0.15, -0.1) is 0 Å². The van der Waals surface area contributed by atoms with Crippen LogP contribution in [0.4, 0.5) is 0 Å². The Morgan fingerprint density at radius 3 is 2.35 bits per heavy atom. The first-order valence-electron chi connectivity index (χ1n) is 6.52. The summed E-state index contributed by atoms with van der Waals surface area (Å²) in [5, 5.41) is 9.12. The quantitative estimate of drug-likeness (QED) is 0.802. The molecule has 1 rings (SSSR count). The first-order valence-corrected chi connectivity index (χ1v) is 6.52. The van der Waals surface area contributed by atoms with Crippen LogP contribution >= 0.6 is 0 Å². The van der Waals surface area contributed by atoms with E-state index in [2.05, 4.69) is 39.8 Å². The third-order valence-electron chi connectivity index (χ3n) is 3.04. The Hall–Kier alpha value is -1.23. The smallest absolute Gasteiger partial charge is 0.0701 e. The van der Waals surface area contributed by atoms with Crippen LogP contribution in [0.5, 0.6) is 0 Å². The minimum atomic E-state index is 0.0183.